The van der Waals surface area contributed by atoms with Crippen LogP contribution in [0.5, 0.6) is 11.5 Å². The first-order valence-corrected chi connectivity index (χ1v) is 7.47. The number of halogens is 1. The van der Waals surface area contributed by atoms with Crippen molar-refractivity contribution in [1.29, 1.82) is 0 Å². The van der Waals surface area contributed by atoms with Crippen LogP contribution in [-0.2, 0) is 4.79 Å². The van der Waals surface area contributed by atoms with Crippen LogP contribution in [0.1, 0.15) is 5.56 Å². The number of ether oxygens (including phenoxy) is 2. The molecule has 2 aromatic carbocycles. The van der Waals surface area contributed by atoms with Crippen LogP contribution in [0.4, 0.5) is 11.4 Å². The van der Waals surface area contributed by atoms with Gasteiger partial charge in [-0.25, -0.2) is 0 Å². The summed E-state index contributed by atoms with van der Waals surface area (Å²) in [7, 11) is 3.06. The summed E-state index contributed by atoms with van der Waals surface area (Å²) in [6.45, 7) is 0. The van der Waals surface area contributed by atoms with E-state index in [9.17, 15) is 14.9 Å². The zero-order chi connectivity index (χ0) is 18.4. The van der Waals surface area contributed by atoms with E-state index >= 15 is 0 Å². The number of benzene rings is 2. The van der Waals surface area contributed by atoms with Gasteiger partial charge in [-0.2, -0.15) is 0 Å². The Bertz CT molecular complexity index is 836. The van der Waals surface area contributed by atoms with Gasteiger partial charge in [0.25, 0.3) is 5.69 Å². The van der Waals surface area contributed by atoms with Crippen LogP contribution < -0.4 is 14.8 Å². The highest BCUT2D eigenvalue weighted by molar-refractivity contribution is 6.34. The van der Waals surface area contributed by atoms with Gasteiger partial charge in [-0.1, -0.05) is 17.7 Å². The van der Waals surface area contributed by atoms with Crippen molar-refractivity contribution in [3.63, 3.8) is 0 Å². The monoisotopic (exact) mass is 362 g/mol. The Balaban J connectivity index is 2.10. The average Bonchev–Trinajstić information content (AvgIpc) is 2.61. The maximum Gasteiger partial charge on any atom is 0.271 e. The van der Waals surface area contributed by atoms with Gasteiger partial charge in [0.15, 0.2) is 11.5 Å². The van der Waals surface area contributed by atoms with Gasteiger partial charge in [0.2, 0.25) is 5.91 Å². The van der Waals surface area contributed by atoms with Crippen molar-refractivity contribution in [2.75, 3.05) is 19.5 Å². The molecule has 0 saturated carbocycles. The minimum Gasteiger partial charge on any atom is -0.493 e. The fraction of sp³-hybridized carbons (Fsp3) is 0.118. The molecule has 0 aliphatic carbocycles. The summed E-state index contributed by atoms with van der Waals surface area (Å²) in [5.74, 6) is 0.704. The second-order valence-electron chi connectivity index (χ2n) is 4.86. The number of anilines is 1. The van der Waals surface area contributed by atoms with Crippen LogP contribution in [0.2, 0.25) is 5.02 Å². The van der Waals surface area contributed by atoms with Crippen molar-refractivity contribution >= 4 is 35.0 Å². The first-order chi connectivity index (χ1) is 11.9. The largest absolute Gasteiger partial charge is 0.493 e. The van der Waals surface area contributed by atoms with Crippen molar-refractivity contribution in [2.45, 2.75) is 0 Å². The second-order valence-corrected chi connectivity index (χ2v) is 5.27. The van der Waals surface area contributed by atoms with Crippen molar-refractivity contribution in [2.24, 2.45) is 0 Å². The molecule has 1 amide bonds. The molecular formula is C17H15ClN2O5. The third-order valence-electron chi connectivity index (χ3n) is 3.26. The summed E-state index contributed by atoms with van der Waals surface area (Å²) in [6.07, 6.45) is 2.91. The lowest BCUT2D eigenvalue weighted by Crippen LogP contribution is -2.08. The molecule has 0 spiro atoms. The lowest BCUT2D eigenvalue weighted by molar-refractivity contribution is -0.384. The van der Waals surface area contributed by atoms with Crippen LogP contribution in [-0.4, -0.2) is 25.1 Å². The number of amides is 1. The molecular weight excluding hydrogens is 348 g/mol. The number of rotatable bonds is 6. The van der Waals surface area contributed by atoms with E-state index in [0.717, 1.165) is 5.56 Å². The van der Waals surface area contributed by atoms with Crippen LogP contribution >= 0.6 is 11.6 Å². The summed E-state index contributed by atoms with van der Waals surface area (Å²) in [5.41, 5.74) is 0.876. The van der Waals surface area contributed by atoms with E-state index in [0.29, 0.717) is 11.5 Å². The van der Waals surface area contributed by atoms with Crippen LogP contribution in [0, 0.1) is 10.1 Å². The normalized spacial score (nSPS) is 10.5. The molecule has 0 bridgehead atoms. The molecule has 0 unspecified atom stereocenters. The number of nitrogens with one attached hydrogen (secondary N) is 1. The van der Waals surface area contributed by atoms with E-state index < -0.39 is 10.8 Å². The first kappa shape index (κ1) is 18.3. The van der Waals surface area contributed by atoms with Crippen molar-refractivity contribution in [3.8, 4) is 11.5 Å². The van der Waals surface area contributed by atoms with Gasteiger partial charge < -0.3 is 14.8 Å². The maximum absolute atomic E-state index is 12.0. The van der Waals surface area contributed by atoms with Gasteiger partial charge >= 0.3 is 0 Å². The molecule has 0 radical (unpaired) electrons. The Labute approximate surface area is 149 Å². The standard InChI is InChI=1S/C17H15ClN2O5/c1-24-15-7-3-11(9-16(15)25-2)4-8-17(21)19-14-6-5-12(20(22)23)10-13(14)18/h3-10H,1-2H3,(H,19,21)/b8-4+. The molecule has 2 rings (SSSR count). The molecule has 2 aromatic rings. The topological polar surface area (TPSA) is 90.7 Å². The summed E-state index contributed by atoms with van der Waals surface area (Å²) in [4.78, 5) is 22.1. The van der Waals surface area contributed by atoms with Gasteiger partial charge in [-0.15, -0.1) is 0 Å². The van der Waals surface area contributed by atoms with Gasteiger partial charge in [0, 0.05) is 18.2 Å². The number of nitro groups is 1. The molecule has 7 nitrogen and oxygen atoms in total. The number of hydrogen-bond donors (Lipinski definition) is 1. The quantitative estimate of drug-likeness (QED) is 0.478. The second kappa shape index (κ2) is 8.16. The lowest BCUT2D eigenvalue weighted by atomic mass is 10.2. The first-order valence-electron chi connectivity index (χ1n) is 7.09. The van der Waals surface area contributed by atoms with Crippen molar-refractivity contribution < 1.29 is 19.2 Å². The Morgan fingerprint density at radius 1 is 1.16 bits per heavy atom. The predicted octanol–water partition coefficient (Wildman–Crippen LogP) is 3.92. The van der Waals surface area contributed by atoms with Gasteiger partial charge in [0.05, 0.1) is 29.9 Å². The number of carbonyl (C=O) groups excluding carboxylic acids is 1. The number of nitrogens with zero attached hydrogens (tertiary/aromatic N) is 1. The van der Waals surface area contributed by atoms with Crippen LogP contribution in [0.3, 0.4) is 0 Å². The molecule has 25 heavy (non-hydrogen) atoms. The molecule has 0 fully saturated rings. The third kappa shape index (κ3) is 4.71. The zero-order valence-electron chi connectivity index (χ0n) is 13.5. The fourth-order valence-electron chi connectivity index (χ4n) is 2.02. The average molecular weight is 363 g/mol. The highest BCUT2D eigenvalue weighted by Gasteiger charge is 2.10. The lowest BCUT2D eigenvalue weighted by Gasteiger charge is -2.07. The van der Waals surface area contributed by atoms with Gasteiger partial charge in [0.1, 0.15) is 0 Å². The van der Waals surface area contributed by atoms with E-state index in [1.54, 1.807) is 24.3 Å². The summed E-state index contributed by atoms with van der Waals surface area (Å²) in [6, 6.07) is 9.03. The number of carbonyl (C=O) groups is 1. The van der Waals surface area contributed by atoms with Crippen LogP contribution in [0.15, 0.2) is 42.5 Å². The maximum atomic E-state index is 12.0. The van der Waals surface area contributed by atoms with Crippen molar-refractivity contribution in [1.82, 2.24) is 0 Å². The SMILES string of the molecule is COc1ccc(/C=C/C(=O)Nc2ccc([N+](=O)[O-])cc2Cl)cc1OC. The summed E-state index contributed by atoms with van der Waals surface area (Å²) in [5, 5.41) is 13.3. The molecule has 130 valence electrons. The Kier molecular flexibility index (Phi) is 5.97. The summed E-state index contributed by atoms with van der Waals surface area (Å²) >= 11 is 5.93. The third-order valence-corrected chi connectivity index (χ3v) is 3.57. The smallest absolute Gasteiger partial charge is 0.271 e. The van der Waals surface area contributed by atoms with E-state index in [1.165, 1.54) is 38.5 Å². The minimum atomic E-state index is -0.561. The summed E-state index contributed by atoms with van der Waals surface area (Å²) < 4.78 is 10.3. The van der Waals surface area contributed by atoms with Crippen LogP contribution in [0.25, 0.3) is 6.08 Å². The highest BCUT2D eigenvalue weighted by Crippen LogP contribution is 2.28. The molecule has 0 atom stereocenters. The van der Waals surface area contributed by atoms with E-state index in [4.69, 9.17) is 21.1 Å². The molecule has 8 heteroatoms. The minimum absolute atomic E-state index is 0.0852. The van der Waals surface area contributed by atoms with E-state index in [-0.39, 0.29) is 16.4 Å². The molecule has 0 aliphatic rings. The van der Waals surface area contributed by atoms with Crippen molar-refractivity contribution in [3.05, 3.63) is 63.2 Å². The highest BCUT2D eigenvalue weighted by atomic mass is 35.5. The Morgan fingerprint density at radius 2 is 1.88 bits per heavy atom. The Hall–Kier alpha value is -3.06. The zero-order valence-corrected chi connectivity index (χ0v) is 14.2. The van der Waals surface area contributed by atoms with E-state index in [1.807, 2.05) is 0 Å². The molecule has 0 aromatic heterocycles. The van der Waals surface area contributed by atoms with Gasteiger partial charge in [-0.3, -0.25) is 14.9 Å². The van der Waals surface area contributed by atoms with E-state index in [2.05, 4.69) is 5.32 Å². The predicted molar refractivity (Wildman–Crippen MR) is 95.3 cm³/mol. The number of methoxy groups -OCH3 is 2. The Morgan fingerprint density at radius 3 is 2.48 bits per heavy atom. The molecule has 0 saturated heterocycles. The number of nitro benzene ring substituents is 1. The fourth-order valence-corrected chi connectivity index (χ4v) is 2.24. The molecule has 0 heterocycles. The van der Waals surface area contributed by atoms with Gasteiger partial charge in [-0.05, 0) is 29.8 Å². The molecule has 1 N–H and O–H groups in total. The number of hydrogen-bond acceptors (Lipinski definition) is 5. The molecule has 0 aliphatic heterocycles. The number of non-ortho nitro benzene ring substituents is 1.